The van der Waals surface area contributed by atoms with Gasteiger partial charge in [-0.3, -0.25) is 0 Å². The van der Waals surface area contributed by atoms with Crippen LogP contribution in [0, 0.1) is 5.82 Å². The Kier molecular flexibility index (Phi) is 6.17. The third-order valence-corrected chi connectivity index (χ3v) is 5.32. The molecular weight excluding hydrogens is 275 g/mol. The molecule has 0 bridgehead atoms. The molecule has 0 aromatic heterocycles. The number of hydrogen-bond donors (Lipinski definition) is 1. The van der Waals surface area contributed by atoms with Crippen molar-refractivity contribution < 1.29 is 14.2 Å². The Labute approximate surface area is 124 Å². The van der Waals surface area contributed by atoms with Crippen molar-refractivity contribution in [3.63, 3.8) is 0 Å². The Morgan fingerprint density at radius 2 is 2.10 bits per heavy atom. The maximum absolute atomic E-state index is 14.0. The summed E-state index contributed by atoms with van der Waals surface area (Å²) in [4.78, 5) is 0. The minimum Gasteiger partial charge on any atom is -0.494 e. The SMILES string of the molecule is COc1cccc(CC(O)CSC2CCCCC2)c1F. The van der Waals surface area contributed by atoms with Gasteiger partial charge in [0.2, 0.25) is 0 Å². The number of aliphatic hydroxyl groups excluding tert-OH is 1. The molecule has 1 aromatic rings. The van der Waals surface area contributed by atoms with Crippen molar-refractivity contribution in [2.45, 2.75) is 49.9 Å². The Morgan fingerprint density at radius 1 is 1.35 bits per heavy atom. The van der Waals surface area contributed by atoms with Gasteiger partial charge in [-0.15, -0.1) is 0 Å². The molecule has 20 heavy (non-hydrogen) atoms. The van der Waals surface area contributed by atoms with Crippen LogP contribution < -0.4 is 4.74 Å². The first-order chi connectivity index (χ1) is 9.70. The molecular formula is C16H23FO2S. The average molecular weight is 298 g/mol. The van der Waals surface area contributed by atoms with Crippen molar-refractivity contribution in [3.8, 4) is 5.75 Å². The zero-order chi connectivity index (χ0) is 14.4. The molecule has 4 heteroatoms. The number of benzene rings is 1. The summed E-state index contributed by atoms with van der Waals surface area (Å²) in [6.07, 6.45) is 6.31. The highest BCUT2D eigenvalue weighted by Crippen LogP contribution is 2.29. The van der Waals surface area contributed by atoms with E-state index in [4.69, 9.17) is 4.74 Å². The van der Waals surface area contributed by atoms with Gasteiger partial charge in [0.25, 0.3) is 0 Å². The normalized spacial score (nSPS) is 17.9. The zero-order valence-corrected chi connectivity index (χ0v) is 12.8. The van der Waals surface area contributed by atoms with E-state index in [-0.39, 0.29) is 11.6 Å². The van der Waals surface area contributed by atoms with Crippen LogP contribution in [0.1, 0.15) is 37.7 Å². The molecule has 1 aromatic carbocycles. The van der Waals surface area contributed by atoms with Gasteiger partial charge in [0.05, 0.1) is 13.2 Å². The minimum atomic E-state index is -0.497. The molecule has 0 radical (unpaired) electrons. The third kappa shape index (κ3) is 4.38. The summed E-state index contributed by atoms with van der Waals surface area (Å²) < 4.78 is 18.9. The molecule has 0 spiro atoms. The van der Waals surface area contributed by atoms with E-state index in [1.165, 1.54) is 39.2 Å². The highest BCUT2D eigenvalue weighted by Gasteiger charge is 2.17. The molecule has 0 aliphatic heterocycles. The van der Waals surface area contributed by atoms with Crippen molar-refractivity contribution in [1.82, 2.24) is 0 Å². The van der Waals surface area contributed by atoms with Crippen LogP contribution in [0.25, 0.3) is 0 Å². The Bertz CT molecular complexity index is 419. The lowest BCUT2D eigenvalue weighted by molar-refractivity contribution is 0.198. The second-order valence-electron chi connectivity index (χ2n) is 5.38. The van der Waals surface area contributed by atoms with Crippen LogP contribution in [-0.2, 0) is 6.42 Å². The summed E-state index contributed by atoms with van der Waals surface area (Å²) in [5.74, 6) is 0.577. The van der Waals surface area contributed by atoms with Gasteiger partial charge in [0.1, 0.15) is 0 Å². The maximum atomic E-state index is 14.0. The fourth-order valence-electron chi connectivity index (χ4n) is 2.66. The highest BCUT2D eigenvalue weighted by atomic mass is 32.2. The largest absolute Gasteiger partial charge is 0.494 e. The van der Waals surface area contributed by atoms with E-state index in [0.29, 0.717) is 23.0 Å². The van der Waals surface area contributed by atoms with Gasteiger partial charge in [-0.05, 0) is 24.5 Å². The van der Waals surface area contributed by atoms with Gasteiger partial charge in [-0.25, -0.2) is 4.39 Å². The number of methoxy groups -OCH3 is 1. The van der Waals surface area contributed by atoms with Crippen LogP contribution in [0.2, 0.25) is 0 Å². The average Bonchev–Trinajstić information content (AvgIpc) is 2.48. The molecule has 2 rings (SSSR count). The first-order valence-electron chi connectivity index (χ1n) is 7.31. The predicted octanol–water partition coefficient (Wildman–Crippen LogP) is 3.80. The summed E-state index contributed by atoms with van der Waals surface area (Å²) in [5, 5.41) is 10.8. The summed E-state index contributed by atoms with van der Waals surface area (Å²) in [6.45, 7) is 0. The van der Waals surface area contributed by atoms with Gasteiger partial charge in [0, 0.05) is 17.4 Å². The molecule has 1 saturated carbocycles. The van der Waals surface area contributed by atoms with Gasteiger partial charge in [0.15, 0.2) is 11.6 Å². The van der Waals surface area contributed by atoms with Crippen LogP contribution in [0.15, 0.2) is 18.2 Å². The molecule has 1 aliphatic carbocycles. The van der Waals surface area contributed by atoms with Crippen molar-refractivity contribution in [3.05, 3.63) is 29.6 Å². The van der Waals surface area contributed by atoms with Gasteiger partial charge in [-0.1, -0.05) is 31.4 Å². The van der Waals surface area contributed by atoms with Crippen molar-refractivity contribution >= 4 is 11.8 Å². The van der Waals surface area contributed by atoms with Crippen LogP contribution >= 0.6 is 11.8 Å². The summed E-state index contributed by atoms with van der Waals surface area (Å²) >= 11 is 1.84. The number of aliphatic hydroxyl groups is 1. The fourth-order valence-corrected chi connectivity index (χ4v) is 3.94. The number of rotatable bonds is 6. The molecule has 0 heterocycles. The molecule has 1 atom stereocenters. The number of ether oxygens (including phenoxy) is 1. The van der Waals surface area contributed by atoms with Crippen molar-refractivity contribution in [2.75, 3.05) is 12.9 Å². The summed E-state index contributed by atoms with van der Waals surface area (Å²) in [7, 11) is 1.46. The first-order valence-corrected chi connectivity index (χ1v) is 8.36. The molecule has 0 saturated heterocycles. The topological polar surface area (TPSA) is 29.5 Å². The van der Waals surface area contributed by atoms with Gasteiger partial charge >= 0.3 is 0 Å². The van der Waals surface area contributed by atoms with Crippen LogP contribution in [0.5, 0.6) is 5.75 Å². The van der Waals surface area contributed by atoms with Crippen molar-refractivity contribution in [1.29, 1.82) is 0 Å². The summed E-state index contributed by atoms with van der Waals surface area (Å²) in [6, 6.07) is 5.08. The number of thioether (sulfide) groups is 1. The molecule has 1 fully saturated rings. The molecule has 112 valence electrons. The highest BCUT2D eigenvalue weighted by molar-refractivity contribution is 7.99. The van der Waals surface area contributed by atoms with Gasteiger partial charge < -0.3 is 9.84 Å². The Hall–Kier alpha value is -0.740. The predicted molar refractivity (Wildman–Crippen MR) is 82.0 cm³/mol. The van der Waals surface area contributed by atoms with E-state index in [0.717, 1.165) is 0 Å². The van der Waals surface area contributed by atoms with E-state index >= 15 is 0 Å². The quantitative estimate of drug-likeness (QED) is 0.866. The van der Waals surface area contributed by atoms with Crippen LogP contribution in [0.3, 0.4) is 0 Å². The van der Waals surface area contributed by atoms with E-state index in [9.17, 15) is 9.50 Å². The minimum absolute atomic E-state index is 0.245. The van der Waals surface area contributed by atoms with Crippen molar-refractivity contribution in [2.24, 2.45) is 0 Å². The Balaban J connectivity index is 1.83. The number of hydrogen-bond acceptors (Lipinski definition) is 3. The molecule has 2 nitrogen and oxygen atoms in total. The second kappa shape index (κ2) is 7.89. The van der Waals surface area contributed by atoms with E-state index < -0.39 is 6.10 Å². The maximum Gasteiger partial charge on any atom is 0.168 e. The van der Waals surface area contributed by atoms with E-state index in [2.05, 4.69) is 0 Å². The fraction of sp³-hybridized carbons (Fsp3) is 0.625. The first kappa shape index (κ1) is 15.6. The molecule has 0 amide bonds. The Morgan fingerprint density at radius 3 is 2.80 bits per heavy atom. The molecule has 1 aliphatic rings. The van der Waals surface area contributed by atoms with E-state index in [1.807, 2.05) is 11.8 Å². The van der Waals surface area contributed by atoms with Crippen LogP contribution in [-0.4, -0.2) is 29.3 Å². The summed E-state index contributed by atoms with van der Waals surface area (Å²) in [5.41, 5.74) is 0.529. The standard InChI is InChI=1S/C16H23FO2S/c1-19-15-9-5-6-12(16(15)17)10-13(18)11-20-14-7-3-2-4-8-14/h5-6,9,13-14,18H,2-4,7-8,10-11H2,1H3. The number of halogens is 1. The van der Waals surface area contributed by atoms with Crippen LogP contribution in [0.4, 0.5) is 4.39 Å². The monoisotopic (exact) mass is 298 g/mol. The lowest BCUT2D eigenvalue weighted by Crippen LogP contribution is -2.18. The lowest BCUT2D eigenvalue weighted by atomic mass is 10.0. The molecule has 1 N–H and O–H groups in total. The van der Waals surface area contributed by atoms with E-state index in [1.54, 1.807) is 18.2 Å². The molecule has 1 unspecified atom stereocenters. The van der Waals surface area contributed by atoms with Gasteiger partial charge in [-0.2, -0.15) is 11.8 Å². The zero-order valence-electron chi connectivity index (χ0n) is 12.0. The third-order valence-electron chi connectivity index (χ3n) is 3.80. The second-order valence-corrected chi connectivity index (χ2v) is 6.72. The smallest absolute Gasteiger partial charge is 0.168 e. The lowest BCUT2D eigenvalue weighted by Gasteiger charge is -2.22.